The summed E-state index contributed by atoms with van der Waals surface area (Å²) in [6, 6.07) is 8.79. The number of halogens is 1. The van der Waals surface area contributed by atoms with Crippen LogP contribution in [0, 0.1) is 10.1 Å². The number of hydrogen-bond acceptors (Lipinski definition) is 8. The van der Waals surface area contributed by atoms with Gasteiger partial charge >= 0.3 is 11.7 Å². The van der Waals surface area contributed by atoms with E-state index in [9.17, 15) is 24.5 Å². The van der Waals surface area contributed by atoms with Crippen LogP contribution < -0.4 is 10.1 Å². The number of amides is 2. The maximum atomic E-state index is 12.2. The van der Waals surface area contributed by atoms with Gasteiger partial charge in [0.25, 0.3) is 0 Å². The van der Waals surface area contributed by atoms with Crippen molar-refractivity contribution in [2.45, 2.75) is 27.0 Å². The molecule has 1 aliphatic heterocycles. The van der Waals surface area contributed by atoms with E-state index < -0.39 is 34.5 Å². The van der Waals surface area contributed by atoms with Crippen LogP contribution in [0.15, 0.2) is 41.5 Å². The molecule has 0 spiro atoms. The second kappa shape index (κ2) is 9.02. The van der Waals surface area contributed by atoms with Crippen molar-refractivity contribution < 1.29 is 28.8 Å². The molecule has 0 saturated carbocycles. The Labute approximate surface area is 186 Å². The number of benzene rings is 2. The van der Waals surface area contributed by atoms with E-state index in [1.165, 1.54) is 19.9 Å². The lowest BCUT2D eigenvalue weighted by Gasteiger charge is -2.19. The molecular weight excluding hydrogens is 444 g/mol. The SMILES string of the molecule is CC(=O)Nc1ccc([C@@H]2OC(c3cc(Cl)cc([N+](=O)[O-])c3OC(C)=O)=NN2C(C)=O)cc1. The normalized spacial score (nSPS) is 14.9. The van der Waals surface area contributed by atoms with Gasteiger partial charge in [-0.2, -0.15) is 5.01 Å². The van der Waals surface area contributed by atoms with Gasteiger partial charge in [-0.3, -0.25) is 24.5 Å². The molecule has 3 rings (SSSR count). The van der Waals surface area contributed by atoms with Crippen LogP contribution in [0.4, 0.5) is 11.4 Å². The van der Waals surface area contributed by atoms with Crippen LogP contribution in [0.5, 0.6) is 5.75 Å². The zero-order valence-electron chi connectivity index (χ0n) is 17.1. The van der Waals surface area contributed by atoms with E-state index in [1.807, 2.05) is 0 Å². The third-order valence-corrected chi connectivity index (χ3v) is 4.41. The van der Waals surface area contributed by atoms with E-state index >= 15 is 0 Å². The van der Waals surface area contributed by atoms with Crippen LogP contribution in [0.2, 0.25) is 5.02 Å². The third kappa shape index (κ3) is 4.83. The summed E-state index contributed by atoms with van der Waals surface area (Å²) in [5, 5.41) is 19.2. The molecule has 0 aliphatic carbocycles. The molecule has 2 amide bonds. The van der Waals surface area contributed by atoms with Crippen molar-refractivity contribution in [2.75, 3.05) is 5.32 Å². The van der Waals surface area contributed by atoms with Crippen LogP contribution in [0.3, 0.4) is 0 Å². The summed E-state index contributed by atoms with van der Waals surface area (Å²) >= 11 is 6.02. The zero-order valence-corrected chi connectivity index (χ0v) is 17.9. The molecule has 32 heavy (non-hydrogen) atoms. The molecule has 2 aromatic rings. The van der Waals surface area contributed by atoms with E-state index in [1.54, 1.807) is 24.3 Å². The van der Waals surface area contributed by atoms with Gasteiger partial charge in [0.1, 0.15) is 0 Å². The second-order valence-corrected chi connectivity index (χ2v) is 7.13. The summed E-state index contributed by atoms with van der Waals surface area (Å²) in [5.74, 6) is -2.12. The van der Waals surface area contributed by atoms with Crippen LogP contribution in [-0.4, -0.2) is 33.6 Å². The maximum absolute atomic E-state index is 12.2. The van der Waals surface area contributed by atoms with E-state index in [0.29, 0.717) is 11.3 Å². The van der Waals surface area contributed by atoms with E-state index in [0.717, 1.165) is 18.0 Å². The number of nitro groups is 1. The van der Waals surface area contributed by atoms with Gasteiger partial charge in [0.05, 0.1) is 10.5 Å². The van der Waals surface area contributed by atoms with Crippen molar-refractivity contribution in [1.29, 1.82) is 0 Å². The molecule has 0 fully saturated rings. The van der Waals surface area contributed by atoms with E-state index in [4.69, 9.17) is 21.1 Å². The number of hydrogen-bond donors (Lipinski definition) is 1. The first-order valence-electron chi connectivity index (χ1n) is 9.16. The number of nitro benzene ring substituents is 1. The highest BCUT2D eigenvalue weighted by molar-refractivity contribution is 6.31. The fourth-order valence-corrected chi connectivity index (χ4v) is 3.16. The summed E-state index contributed by atoms with van der Waals surface area (Å²) < 4.78 is 10.9. The van der Waals surface area contributed by atoms with Crippen LogP contribution >= 0.6 is 11.6 Å². The van der Waals surface area contributed by atoms with Crippen molar-refractivity contribution in [3.63, 3.8) is 0 Å². The fourth-order valence-electron chi connectivity index (χ4n) is 2.95. The average molecular weight is 461 g/mol. The standard InChI is InChI=1S/C20H17ClN4O7/c1-10(26)22-15-6-4-13(5-7-15)20-24(11(2)27)23-19(32-20)16-8-14(21)9-17(25(29)30)18(16)31-12(3)28/h4-9,20H,1-3H3,(H,22,26)/t20-/m0/s1. The monoisotopic (exact) mass is 460 g/mol. The van der Waals surface area contributed by atoms with Crippen molar-refractivity contribution >= 4 is 46.7 Å². The average Bonchev–Trinajstić information content (AvgIpc) is 3.14. The first-order chi connectivity index (χ1) is 15.1. The molecule has 0 aromatic heterocycles. The summed E-state index contributed by atoms with van der Waals surface area (Å²) in [6.07, 6.45) is -1.00. The number of hydrazone groups is 1. The van der Waals surface area contributed by atoms with Gasteiger partial charge in [-0.1, -0.05) is 23.7 Å². The number of anilines is 1. The van der Waals surface area contributed by atoms with Gasteiger partial charge in [0.2, 0.25) is 29.7 Å². The molecule has 2 aromatic carbocycles. The molecule has 1 heterocycles. The third-order valence-electron chi connectivity index (χ3n) is 4.19. The number of rotatable bonds is 5. The second-order valence-electron chi connectivity index (χ2n) is 6.69. The lowest BCUT2D eigenvalue weighted by molar-refractivity contribution is -0.385. The van der Waals surface area contributed by atoms with Crippen LogP contribution in [0.1, 0.15) is 38.1 Å². The molecule has 11 nitrogen and oxygen atoms in total. The van der Waals surface area contributed by atoms with Crippen LogP contribution in [0.25, 0.3) is 0 Å². The number of ether oxygens (including phenoxy) is 2. The predicted molar refractivity (Wildman–Crippen MR) is 113 cm³/mol. The van der Waals surface area contributed by atoms with Gasteiger partial charge in [-0.15, -0.1) is 5.10 Å². The Hall–Kier alpha value is -3.99. The first-order valence-corrected chi connectivity index (χ1v) is 9.54. The molecule has 1 aliphatic rings. The summed E-state index contributed by atoms with van der Waals surface area (Å²) in [4.78, 5) is 45.7. The zero-order chi connectivity index (χ0) is 23.6. The van der Waals surface area contributed by atoms with E-state index in [-0.39, 0.29) is 22.4 Å². The number of carbonyl (C=O) groups excluding carboxylic acids is 3. The Morgan fingerprint density at radius 3 is 2.38 bits per heavy atom. The summed E-state index contributed by atoms with van der Waals surface area (Å²) in [5.41, 5.74) is 0.422. The van der Waals surface area contributed by atoms with Gasteiger partial charge in [-0.25, -0.2) is 0 Å². The number of nitrogens with one attached hydrogen (secondary N) is 1. The highest BCUT2D eigenvalue weighted by atomic mass is 35.5. The molecule has 0 bridgehead atoms. The smallest absolute Gasteiger partial charge is 0.314 e. The Morgan fingerprint density at radius 2 is 1.84 bits per heavy atom. The van der Waals surface area contributed by atoms with Crippen molar-refractivity contribution in [2.24, 2.45) is 5.10 Å². The number of esters is 1. The van der Waals surface area contributed by atoms with Gasteiger partial charge in [-0.05, 0) is 18.2 Å². The Morgan fingerprint density at radius 1 is 1.19 bits per heavy atom. The Kier molecular flexibility index (Phi) is 6.40. The number of nitrogens with zero attached hydrogens (tertiary/aromatic N) is 3. The van der Waals surface area contributed by atoms with Crippen molar-refractivity contribution in [3.05, 3.63) is 62.7 Å². The largest absolute Gasteiger partial charge is 0.446 e. The minimum absolute atomic E-state index is 0.0219. The Bertz CT molecular complexity index is 1150. The molecule has 1 atom stereocenters. The minimum Gasteiger partial charge on any atom is -0.446 e. The lowest BCUT2D eigenvalue weighted by Crippen LogP contribution is -2.25. The van der Waals surface area contributed by atoms with Crippen molar-refractivity contribution in [3.8, 4) is 5.75 Å². The number of carbonyl (C=O) groups is 3. The van der Waals surface area contributed by atoms with Gasteiger partial charge in [0.15, 0.2) is 0 Å². The minimum atomic E-state index is -1.00. The lowest BCUT2D eigenvalue weighted by atomic mass is 10.1. The van der Waals surface area contributed by atoms with Gasteiger partial charge in [0, 0.05) is 43.1 Å². The maximum Gasteiger partial charge on any atom is 0.314 e. The van der Waals surface area contributed by atoms with Gasteiger partial charge < -0.3 is 14.8 Å². The highest BCUT2D eigenvalue weighted by Crippen LogP contribution is 2.39. The highest BCUT2D eigenvalue weighted by Gasteiger charge is 2.36. The Balaban J connectivity index is 2.04. The molecule has 166 valence electrons. The molecular formula is C20H17ClN4O7. The topological polar surface area (TPSA) is 140 Å². The molecule has 12 heteroatoms. The molecule has 0 radical (unpaired) electrons. The summed E-state index contributed by atoms with van der Waals surface area (Å²) in [6.45, 7) is 3.72. The molecule has 1 N–H and O–H groups in total. The van der Waals surface area contributed by atoms with E-state index in [2.05, 4.69) is 10.4 Å². The predicted octanol–water partition coefficient (Wildman–Crippen LogP) is 3.37. The summed E-state index contributed by atoms with van der Waals surface area (Å²) in [7, 11) is 0. The van der Waals surface area contributed by atoms with Crippen LogP contribution in [-0.2, 0) is 19.1 Å². The first kappa shape index (κ1) is 22.7. The fraction of sp³-hybridized carbons (Fsp3) is 0.200. The molecule has 0 unspecified atom stereocenters. The quantitative estimate of drug-likeness (QED) is 0.312. The van der Waals surface area contributed by atoms with Crippen molar-refractivity contribution in [1.82, 2.24) is 5.01 Å². The molecule has 0 saturated heterocycles.